The van der Waals surface area contributed by atoms with E-state index < -0.39 is 11.6 Å². The van der Waals surface area contributed by atoms with Gasteiger partial charge in [-0.1, -0.05) is 17.7 Å². The van der Waals surface area contributed by atoms with Gasteiger partial charge in [0.15, 0.2) is 11.6 Å². The van der Waals surface area contributed by atoms with E-state index >= 15 is 0 Å². The van der Waals surface area contributed by atoms with Crippen molar-refractivity contribution in [1.29, 1.82) is 0 Å². The Morgan fingerprint density at radius 3 is 2.50 bits per heavy atom. The average molecular weight is 286 g/mol. The van der Waals surface area contributed by atoms with Crippen LogP contribution in [0.15, 0.2) is 41.3 Å². The van der Waals surface area contributed by atoms with Gasteiger partial charge in [0.05, 0.1) is 10.7 Å². The van der Waals surface area contributed by atoms with Gasteiger partial charge in [-0.25, -0.2) is 8.78 Å². The maximum absolute atomic E-state index is 13.0. The van der Waals surface area contributed by atoms with Crippen LogP contribution in [0.5, 0.6) is 0 Å². The fourth-order valence-corrected chi connectivity index (χ4v) is 2.40. The molecule has 0 unspecified atom stereocenters. The molecular weight excluding hydrogens is 276 g/mol. The van der Waals surface area contributed by atoms with Gasteiger partial charge < -0.3 is 5.73 Å². The summed E-state index contributed by atoms with van der Waals surface area (Å²) in [4.78, 5) is 0.669. The van der Waals surface area contributed by atoms with E-state index in [0.717, 1.165) is 11.6 Å². The van der Waals surface area contributed by atoms with E-state index in [0.29, 0.717) is 21.4 Å². The van der Waals surface area contributed by atoms with E-state index in [1.807, 2.05) is 6.07 Å². The summed E-state index contributed by atoms with van der Waals surface area (Å²) in [5.74, 6) is -1.06. The van der Waals surface area contributed by atoms with E-state index in [-0.39, 0.29) is 0 Å². The Bertz CT molecular complexity index is 523. The lowest BCUT2D eigenvalue weighted by Crippen LogP contribution is -1.89. The van der Waals surface area contributed by atoms with Crippen LogP contribution >= 0.6 is 23.4 Å². The number of nitrogens with two attached hydrogens (primary N) is 1. The molecule has 0 aliphatic carbocycles. The number of anilines is 1. The van der Waals surface area contributed by atoms with Gasteiger partial charge in [-0.2, -0.15) is 0 Å². The van der Waals surface area contributed by atoms with Crippen LogP contribution in [0.25, 0.3) is 0 Å². The van der Waals surface area contributed by atoms with Crippen LogP contribution in [0.2, 0.25) is 5.02 Å². The van der Waals surface area contributed by atoms with E-state index in [4.69, 9.17) is 17.3 Å². The maximum Gasteiger partial charge on any atom is 0.159 e. The molecule has 1 nitrogen and oxygen atoms in total. The number of thioether (sulfide) groups is 1. The molecule has 0 heterocycles. The van der Waals surface area contributed by atoms with Gasteiger partial charge in [0, 0.05) is 10.6 Å². The van der Waals surface area contributed by atoms with Gasteiger partial charge in [0.25, 0.3) is 0 Å². The molecule has 94 valence electrons. The van der Waals surface area contributed by atoms with Crippen molar-refractivity contribution < 1.29 is 8.78 Å². The molecule has 0 radical (unpaired) electrons. The van der Waals surface area contributed by atoms with E-state index in [2.05, 4.69) is 0 Å². The standard InChI is InChI=1S/C13H10ClF2NS/c14-10-3-1-8(5-13(10)17)7-18-9-2-4-11(15)12(16)6-9/h1-6H,7,17H2. The molecule has 0 atom stereocenters. The number of hydrogen-bond donors (Lipinski definition) is 1. The molecule has 0 bridgehead atoms. The van der Waals surface area contributed by atoms with Crippen LogP contribution in [0.4, 0.5) is 14.5 Å². The Hall–Kier alpha value is -1.26. The maximum atomic E-state index is 13.0. The molecule has 2 aromatic rings. The Morgan fingerprint density at radius 1 is 1.06 bits per heavy atom. The number of nitrogen functional groups attached to an aromatic ring is 1. The summed E-state index contributed by atoms with van der Waals surface area (Å²) in [6.07, 6.45) is 0. The van der Waals surface area contributed by atoms with Crippen molar-refractivity contribution in [3.63, 3.8) is 0 Å². The molecule has 0 saturated heterocycles. The summed E-state index contributed by atoms with van der Waals surface area (Å²) >= 11 is 7.22. The van der Waals surface area contributed by atoms with Gasteiger partial charge >= 0.3 is 0 Å². The minimum atomic E-state index is -0.838. The monoisotopic (exact) mass is 285 g/mol. The molecule has 0 aliphatic rings. The fraction of sp³-hybridized carbons (Fsp3) is 0.0769. The second-order valence-corrected chi connectivity index (χ2v) is 5.18. The highest BCUT2D eigenvalue weighted by Crippen LogP contribution is 2.27. The van der Waals surface area contributed by atoms with Gasteiger partial charge in [0.2, 0.25) is 0 Å². The first-order valence-electron chi connectivity index (χ1n) is 5.18. The minimum absolute atomic E-state index is 0.511. The first-order valence-corrected chi connectivity index (χ1v) is 6.54. The third kappa shape index (κ3) is 3.15. The van der Waals surface area contributed by atoms with Crippen molar-refractivity contribution in [2.75, 3.05) is 5.73 Å². The quantitative estimate of drug-likeness (QED) is 0.664. The lowest BCUT2D eigenvalue weighted by molar-refractivity contribution is 0.506. The lowest BCUT2D eigenvalue weighted by Gasteiger charge is -2.05. The summed E-state index contributed by atoms with van der Waals surface area (Å²) in [6, 6.07) is 9.19. The van der Waals surface area contributed by atoms with Crippen molar-refractivity contribution in [1.82, 2.24) is 0 Å². The normalized spacial score (nSPS) is 10.6. The third-order valence-corrected chi connectivity index (χ3v) is 3.77. The zero-order valence-corrected chi connectivity index (χ0v) is 10.9. The van der Waals surface area contributed by atoms with E-state index in [1.54, 1.807) is 18.2 Å². The summed E-state index contributed by atoms with van der Waals surface area (Å²) in [7, 11) is 0. The van der Waals surface area contributed by atoms with Crippen LogP contribution in [-0.2, 0) is 5.75 Å². The van der Waals surface area contributed by atoms with Crippen LogP contribution in [0.1, 0.15) is 5.56 Å². The molecular formula is C13H10ClF2NS. The van der Waals surface area contributed by atoms with Crippen molar-refractivity contribution >= 4 is 29.1 Å². The molecule has 0 aromatic heterocycles. The number of halogens is 3. The van der Waals surface area contributed by atoms with Crippen molar-refractivity contribution in [3.05, 3.63) is 58.6 Å². The predicted octanol–water partition coefficient (Wildman–Crippen LogP) is 4.49. The second-order valence-electron chi connectivity index (χ2n) is 3.72. The van der Waals surface area contributed by atoms with Crippen LogP contribution in [-0.4, -0.2) is 0 Å². The molecule has 2 aromatic carbocycles. The highest BCUT2D eigenvalue weighted by atomic mass is 35.5. The van der Waals surface area contributed by atoms with Gasteiger partial charge in [-0.3, -0.25) is 0 Å². The summed E-state index contributed by atoms with van der Waals surface area (Å²) < 4.78 is 25.7. The molecule has 18 heavy (non-hydrogen) atoms. The average Bonchev–Trinajstić information content (AvgIpc) is 2.35. The topological polar surface area (TPSA) is 26.0 Å². The smallest absolute Gasteiger partial charge is 0.159 e. The summed E-state index contributed by atoms with van der Waals surface area (Å²) in [6.45, 7) is 0. The Morgan fingerprint density at radius 2 is 1.83 bits per heavy atom. The van der Waals surface area contributed by atoms with E-state index in [1.165, 1.54) is 17.8 Å². The van der Waals surface area contributed by atoms with Gasteiger partial charge in [-0.15, -0.1) is 11.8 Å². The minimum Gasteiger partial charge on any atom is -0.398 e. The van der Waals surface area contributed by atoms with Gasteiger partial charge in [-0.05, 0) is 35.9 Å². The number of hydrogen-bond acceptors (Lipinski definition) is 2. The zero-order chi connectivity index (χ0) is 13.1. The molecule has 0 fully saturated rings. The number of rotatable bonds is 3. The van der Waals surface area contributed by atoms with Crippen LogP contribution < -0.4 is 5.73 Å². The Kier molecular flexibility index (Phi) is 4.09. The van der Waals surface area contributed by atoms with Gasteiger partial charge in [0.1, 0.15) is 0 Å². The fourth-order valence-electron chi connectivity index (χ4n) is 1.42. The second kappa shape index (κ2) is 5.59. The van der Waals surface area contributed by atoms with Crippen LogP contribution in [0.3, 0.4) is 0 Å². The largest absolute Gasteiger partial charge is 0.398 e. The SMILES string of the molecule is Nc1cc(CSc2ccc(F)c(F)c2)ccc1Cl. The zero-order valence-electron chi connectivity index (χ0n) is 9.29. The van der Waals surface area contributed by atoms with E-state index in [9.17, 15) is 8.78 Å². The summed E-state index contributed by atoms with van der Waals surface area (Å²) in [5.41, 5.74) is 7.18. The van der Waals surface area contributed by atoms with Crippen LogP contribution in [0, 0.1) is 11.6 Å². The van der Waals surface area contributed by atoms with Crippen molar-refractivity contribution in [3.8, 4) is 0 Å². The first-order chi connectivity index (χ1) is 8.56. The molecule has 2 N–H and O–H groups in total. The van der Waals surface area contributed by atoms with Crippen molar-refractivity contribution in [2.45, 2.75) is 10.6 Å². The summed E-state index contributed by atoms with van der Waals surface area (Å²) in [5, 5.41) is 0.511. The first kappa shape index (κ1) is 13.2. The molecule has 2 rings (SSSR count). The Labute approximate surface area is 113 Å². The molecule has 0 saturated carbocycles. The molecule has 0 spiro atoms. The highest BCUT2D eigenvalue weighted by molar-refractivity contribution is 7.98. The molecule has 0 aliphatic heterocycles. The Balaban J connectivity index is 2.06. The third-order valence-electron chi connectivity index (χ3n) is 2.36. The number of benzene rings is 2. The predicted molar refractivity (Wildman–Crippen MR) is 71.8 cm³/mol. The molecule has 0 amide bonds. The molecule has 5 heteroatoms. The highest BCUT2D eigenvalue weighted by Gasteiger charge is 2.04. The van der Waals surface area contributed by atoms with Crippen molar-refractivity contribution in [2.24, 2.45) is 0 Å². The lowest BCUT2D eigenvalue weighted by atomic mass is 10.2.